The standard InChI is InChI=1S/C31H39N3O5/c1-4-20(2)23(19-35)34-26(28(37)33-18-22-13-9-6-10-14-22)31-16-15-30(3,39-31)24(25(31)29(34)38)27(36)32-17-21-11-7-5-8-12-21/h5-14,20,23-26,35H,4,15-19H2,1-3H3,(H,32,36)(H,33,37)/t20-,23-,24+,25-,26?,30-,31?/m0/s1. The van der Waals surface area contributed by atoms with Crippen molar-refractivity contribution >= 4 is 17.7 Å². The zero-order valence-corrected chi connectivity index (χ0v) is 22.9. The summed E-state index contributed by atoms with van der Waals surface area (Å²) in [6.45, 7) is 6.25. The van der Waals surface area contributed by atoms with Crippen LogP contribution in [0, 0.1) is 17.8 Å². The summed E-state index contributed by atoms with van der Waals surface area (Å²) in [5, 5.41) is 16.5. The Morgan fingerprint density at radius 3 is 2.10 bits per heavy atom. The van der Waals surface area contributed by atoms with Gasteiger partial charge in [-0.1, -0.05) is 80.9 Å². The molecule has 3 N–H and O–H groups in total. The summed E-state index contributed by atoms with van der Waals surface area (Å²) in [6, 6.07) is 17.7. The molecule has 0 radical (unpaired) electrons. The molecule has 7 atom stereocenters. The van der Waals surface area contributed by atoms with E-state index in [0.29, 0.717) is 25.9 Å². The first-order valence-electron chi connectivity index (χ1n) is 14.0. The van der Waals surface area contributed by atoms with Crippen LogP contribution < -0.4 is 10.6 Å². The number of aliphatic hydroxyl groups excluding tert-OH is 1. The van der Waals surface area contributed by atoms with Crippen molar-refractivity contribution in [2.45, 2.75) is 76.4 Å². The van der Waals surface area contributed by atoms with E-state index in [2.05, 4.69) is 10.6 Å². The molecule has 1 spiro atoms. The highest BCUT2D eigenvalue weighted by molar-refractivity contribution is 5.99. The predicted octanol–water partition coefficient (Wildman–Crippen LogP) is 2.79. The van der Waals surface area contributed by atoms with Crippen molar-refractivity contribution in [2.24, 2.45) is 17.8 Å². The van der Waals surface area contributed by atoms with Crippen LogP contribution in [0.25, 0.3) is 0 Å². The quantitative estimate of drug-likeness (QED) is 0.435. The maximum Gasteiger partial charge on any atom is 0.246 e. The van der Waals surface area contributed by atoms with Crippen molar-refractivity contribution in [2.75, 3.05) is 6.61 Å². The molecule has 3 amide bonds. The fraction of sp³-hybridized carbons (Fsp3) is 0.516. The van der Waals surface area contributed by atoms with Crippen LogP contribution in [0.3, 0.4) is 0 Å². The number of benzene rings is 2. The summed E-state index contributed by atoms with van der Waals surface area (Å²) in [6.07, 6.45) is 1.80. The number of ether oxygens (including phenoxy) is 1. The Hall–Kier alpha value is -3.23. The van der Waals surface area contributed by atoms with E-state index in [-0.39, 0.29) is 30.2 Å². The number of nitrogens with zero attached hydrogens (tertiary/aromatic N) is 1. The molecule has 5 rings (SSSR count). The highest BCUT2D eigenvalue weighted by Crippen LogP contribution is 2.63. The summed E-state index contributed by atoms with van der Waals surface area (Å²) < 4.78 is 6.69. The van der Waals surface area contributed by atoms with Gasteiger partial charge in [0.2, 0.25) is 17.7 Å². The SMILES string of the molecule is CC[C@H](C)[C@H](CO)N1C(=O)[C@@H]2[C@H](C(=O)NCc3ccccc3)[C@]3(C)CCC2(O3)C1C(=O)NCc1ccccc1. The summed E-state index contributed by atoms with van der Waals surface area (Å²) in [4.78, 5) is 43.5. The third-order valence-corrected chi connectivity index (χ3v) is 9.21. The lowest BCUT2D eigenvalue weighted by Gasteiger charge is -2.39. The van der Waals surface area contributed by atoms with E-state index in [0.717, 1.165) is 17.5 Å². The minimum absolute atomic E-state index is 0.0447. The van der Waals surface area contributed by atoms with E-state index in [1.54, 1.807) is 4.90 Å². The number of amides is 3. The minimum atomic E-state index is -1.12. The number of carbonyl (C=O) groups is 3. The second kappa shape index (κ2) is 10.7. The molecule has 208 valence electrons. The van der Waals surface area contributed by atoms with Gasteiger partial charge in [0.15, 0.2) is 0 Å². The molecule has 2 aromatic rings. The maximum atomic E-state index is 14.3. The molecule has 3 saturated heterocycles. The van der Waals surface area contributed by atoms with E-state index < -0.39 is 35.1 Å². The molecule has 0 saturated carbocycles. The lowest BCUT2D eigenvalue weighted by molar-refractivity contribution is -0.151. The molecule has 39 heavy (non-hydrogen) atoms. The van der Waals surface area contributed by atoms with E-state index in [1.165, 1.54) is 0 Å². The fourth-order valence-electron chi connectivity index (χ4n) is 7.01. The Morgan fingerprint density at radius 2 is 1.56 bits per heavy atom. The molecule has 2 unspecified atom stereocenters. The molecule has 8 heteroatoms. The molecule has 3 heterocycles. The number of hydrogen-bond acceptors (Lipinski definition) is 5. The topological polar surface area (TPSA) is 108 Å². The van der Waals surface area contributed by atoms with Gasteiger partial charge in [0.1, 0.15) is 11.6 Å². The zero-order chi connectivity index (χ0) is 27.8. The Labute approximate surface area is 230 Å². The summed E-state index contributed by atoms with van der Waals surface area (Å²) in [7, 11) is 0. The van der Waals surface area contributed by atoms with Crippen LogP contribution in [-0.4, -0.2) is 57.6 Å². The summed E-state index contributed by atoms with van der Waals surface area (Å²) >= 11 is 0. The monoisotopic (exact) mass is 533 g/mol. The Kier molecular flexibility index (Phi) is 7.53. The Balaban J connectivity index is 1.47. The average molecular weight is 534 g/mol. The molecular formula is C31H39N3O5. The smallest absolute Gasteiger partial charge is 0.246 e. The molecule has 0 aromatic heterocycles. The number of nitrogens with one attached hydrogen (secondary N) is 2. The van der Waals surface area contributed by atoms with Crippen molar-refractivity contribution in [3.63, 3.8) is 0 Å². The van der Waals surface area contributed by atoms with Crippen LogP contribution in [-0.2, 0) is 32.2 Å². The van der Waals surface area contributed by atoms with E-state index in [4.69, 9.17) is 4.74 Å². The number of likely N-dealkylation sites (tertiary alicyclic amines) is 1. The minimum Gasteiger partial charge on any atom is -0.394 e. The predicted molar refractivity (Wildman–Crippen MR) is 146 cm³/mol. The molecule has 3 aliphatic rings. The van der Waals surface area contributed by atoms with E-state index >= 15 is 0 Å². The fourth-order valence-corrected chi connectivity index (χ4v) is 7.01. The van der Waals surface area contributed by atoms with E-state index in [1.807, 2.05) is 81.4 Å². The highest BCUT2D eigenvalue weighted by atomic mass is 16.5. The van der Waals surface area contributed by atoms with Crippen LogP contribution in [0.4, 0.5) is 0 Å². The summed E-state index contributed by atoms with van der Waals surface area (Å²) in [5.74, 6) is -2.40. The molecular weight excluding hydrogens is 494 g/mol. The van der Waals surface area contributed by atoms with Crippen molar-refractivity contribution in [1.82, 2.24) is 15.5 Å². The van der Waals surface area contributed by atoms with Gasteiger partial charge in [0.25, 0.3) is 0 Å². The second-order valence-electron chi connectivity index (χ2n) is 11.5. The van der Waals surface area contributed by atoms with Crippen molar-refractivity contribution in [3.8, 4) is 0 Å². The van der Waals surface area contributed by atoms with Crippen LogP contribution in [0.15, 0.2) is 60.7 Å². The van der Waals surface area contributed by atoms with Gasteiger partial charge in [-0.2, -0.15) is 0 Å². The lowest BCUT2D eigenvalue weighted by Crippen LogP contribution is -2.59. The van der Waals surface area contributed by atoms with Crippen LogP contribution in [0.2, 0.25) is 0 Å². The average Bonchev–Trinajstić information content (AvgIpc) is 3.52. The number of aliphatic hydroxyl groups is 1. The molecule has 3 aliphatic heterocycles. The molecule has 3 fully saturated rings. The Bertz CT molecular complexity index is 1210. The number of fused-ring (bicyclic) bond motifs is 1. The maximum absolute atomic E-state index is 14.3. The van der Waals surface area contributed by atoms with Crippen LogP contribution in [0.5, 0.6) is 0 Å². The first-order chi connectivity index (χ1) is 18.8. The molecule has 2 bridgehead atoms. The van der Waals surface area contributed by atoms with Crippen LogP contribution in [0.1, 0.15) is 51.2 Å². The van der Waals surface area contributed by atoms with Gasteiger partial charge in [-0.15, -0.1) is 0 Å². The number of carbonyl (C=O) groups excluding carboxylic acids is 3. The number of rotatable bonds is 10. The normalized spacial score (nSPS) is 30.6. The first kappa shape index (κ1) is 27.3. The second-order valence-corrected chi connectivity index (χ2v) is 11.5. The zero-order valence-electron chi connectivity index (χ0n) is 22.9. The van der Waals surface area contributed by atoms with Gasteiger partial charge in [0.05, 0.1) is 30.1 Å². The third-order valence-electron chi connectivity index (χ3n) is 9.21. The van der Waals surface area contributed by atoms with Gasteiger partial charge < -0.3 is 25.4 Å². The van der Waals surface area contributed by atoms with Crippen molar-refractivity contribution in [3.05, 3.63) is 71.8 Å². The Morgan fingerprint density at radius 1 is 1.00 bits per heavy atom. The largest absolute Gasteiger partial charge is 0.394 e. The molecule has 0 aliphatic carbocycles. The third kappa shape index (κ3) is 4.63. The van der Waals surface area contributed by atoms with Crippen LogP contribution >= 0.6 is 0 Å². The van der Waals surface area contributed by atoms with Gasteiger partial charge in [-0.25, -0.2) is 0 Å². The first-order valence-corrected chi connectivity index (χ1v) is 14.0. The van der Waals surface area contributed by atoms with Gasteiger partial charge >= 0.3 is 0 Å². The van der Waals surface area contributed by atoms with Gasteiger partial charge in [-0.05, 0) is 36.8 Å². The lowest BCUT2D eigenvalue weighted by atomic mass is 9.66. The van der Waals surface area contributed by atoms with Crippen molar-refractivity contribution < 1.29 is 24.2 Å². The highest BCUT2D eigenvalue weighted by Gasteiger charge is 2.78. The van der Waals surface area contributed by atoms with Gasteiger partial charge in [-0.3, -0.25) is 14.4 Å². The summed E-state index contributed by atoms with van der Waals surface area (Å²) in [5.41, 5.74) is -0.0685. The van der Waals surface area contributed by atoms with Gasteiger partial charge in [0, 0.05) is 13.1 Å². The van der Waals surface area contributed by atoms with Crippen molar-refractivity contribution in [1.29, 1.82) is 0 Å². The molecule has 2 aromatic carbocycles. The number of hydrogen-bond donors (Lipinski definition) is 3. The van der Waals surface area contributed by atoms with E-state index in [9.17, 15) is 19.5 Å². The molecule has 8 nitrogen and oxygen atoms in total.